The average molecular weight is 283 g/mol. The van der Waals surface area contributed by atoms with E-state index in [4.69, 9.17) is 4.74 Å². The highest BCUT2D eigenvalue weighted by Gasteiger charge is 2.49. The molecule has 0 spiro atoms. The van der Waals surface area contributed by atoms with Crippen LogP contribution >= 0.6 is 0 Å². The van der Waals surface area contributed by atoms with E-state index in [1.165, 1.54) is 6.07 Å². The van der Waals surface area contributed by atoms with Gasteiger partial charge in [-0.05, 0) is 24.5 Å². The summed E-state index contributed by atoms with van der Waals surface area (Å²) in [5.74, 6) is -1.12. The second kappa shape index (κ2) is 5.68. The molecule has 20 heavy (non-hydrogen) atoms. The van der Waals surface area contributed by atoms with E-state index in [9.17, 15) is 8.78 Å². The fourth-order valence-electron chi connectivity index (χ4n) is 2.51. The highest BCUT2D eigenvalue weighted by Crippen LogP contribution is 2.44. The molecule has 112 valence electrons. The quantitative estimate of drug-likeness (QED) is 0.873. The van der Waals surface area contributed by atoms with Crippen molar-refractivity contribution in [3.63, 3.8) is 0 Å². The van der Waals surface area contributed by atoms with Crippen molar-refractivity contribution in [1.29, 1.82) is 0 Å². The monoisotopic (exact) mass is 283 g/mol. The van der Waals surface area contributed by atoms with E-state index in [1.807, 2.05) is 0 Å². The van der Waals surface area contributed by atoms with Gasteiger partial charge in [-0.2, -0.15) is 0 Å². The first-order valence-corrected chi connectivity index (χ1v) is 7.14. The van der Waals surface area contributed by atoms with Gasteiger partial charge in [-0.25, -0.2) is 8.78 Å². The molecule has 4 heteroatoms. The molecule has 0 aromatic heterocycles. The molecule has 1 fully saturated rings. The number of hydrogen-bond donors (Lipinski definition) is 1. The van der Waals surface area contributed by atoms with E-state index < -0.39 is 11.6 Å². The smallest absolute Gasteiger partial charge is 0.160 e. The Kier molecular flexibility index (Phi) is 4.33. The molecule has 0 heterocycles. The zero-order valence-electron chi connectivity index (χ0n) is 12.5. The van der Waals surface area contributed by atoms with Crippen LogP contribution in [0.4, 0.5) is 14.5 Å². The van der Waals surface area contributed by atoms with Crippen molar-refractivity contribution in [2.75, 3.05) is 11.9 Å². The van der Waals surface area contributed by atoms with Gasteiger partial charge in [0.25, 0.3) is 0 Å². The molecule has 1 saturated carbocycles. The van der Waals surface area contributed by atoms with Gasteiger partial charge in [0, 0.05) is 29.8 Å². The van der Waals surface area contributed by atoms with Crippen LogP contribution in [0.5, 0.6) is 0 Å². The molecule has 2 nitrogen and oxygen atoms in total. The standard InChI is InChI=1S/C16H23F2NO/c1-10(2)9-20-15-8-14(16(15,3)4)19-11-5-6-12(17)13(18)7-11/h5-7,10,14-15,19H,8-9H2,1-4H3. The molecule has 0 amide bonds. The maximum absolute atomic E-state index is 13.2. The molecule has 1 aliphatic rings. The zero-order valence-corrected chi connectivity index (χ0v) is 12.5. The first-order valence-electron chi connectivity index (χ1n) is 7.14. The Hall–Kier alpha value is -1.16. The van der Waals surface area contributed by atoms with Crippen molar-refractivity contribution in [2.24, 2.45) is 11.3 Å². The van der Waals surface area contributed by atoms with Gasteiger partial charge in [0.15, 0.2) is 11.6 Å². The van der Waals surface area contributed by atoms with Crippen molar-refractivity contribution in [1.82, 2.24) is 0 Å². The minimum absolute atomic E-state index is 0.0141. The van der Waals surface area contributed by atoms with Gasteiger partial charge in [-0.15, -0.1) is 0 Å². The number of nitrogens with one attached hydrogen (secondary N) is 1. The van der Waals surface area contributed by atoms with Crippen molar-refractivity contribution in [3.8, 4) is 0 Å². The summed E-state index contributed by atoms with van der Waals surface area (Å²) in [6.45, 7) is 9.29. The Morgan fingerprint density at radius 2 is 2.00 bits per heavy atom. The van der Waals surface area contributed by atoms with E-state index in [0.717, 1.165) is 19.1 Å². The molecular weight excluding hydrogens is 260 g/mol. The Bertz CT molecular complexity index is 474. The van der Waals surface area contributed by atoms with Crippen LogP contribution in [0.25, 0.3) is 0 Å². The van der Waals surface area contributed by atoms with E-state index in [1.54, 1.807) is 6.07 Å². The Morgan fingerprint density at radius 1 is 1.30 bits per heavy atom. The van der Waals surface area contributed by atoms with E-state index in [-0.39, 0.29) is 17.6 Å². The molecule has 0 saturated heterocycles. The summed E-state index contributed by atoms with van der Waals surface area (Å²) in [6, 6.07) is 4.13. The van der Waals surface area contributed by atoms with Crippen LogP contribution < -0.4 is 5.32 Å². The summed E-state index contributed by atoms with van der Waals surface area (Å²) < 4.78 is 32.0. The number of hydrogen-bond acceptors (Lipinski definition) is 2. The van der Waals surface area contributed by atoms with Gasteiger partial charge in [-0.3, -0.25) is 0 Å². The number of rotatable bonds is 5. The Balaban J connectivity index is 1.93. The maximum atomic E-state index is 13.2. The lowest BCUT2D eigenvalue weighted by molar-refractivity contribution is -0.108. The van der Waals surface area contributed by atoms with Gasteiger partial charge >= 0.3 is 0 Å². The highest BCUT2D eigenvalue weighted by molar-refractivity contribution is 5.45. The SMILES string of the molecule is CC(C)COC1CC(Nc2ccc(F)c(F)c2)C1(C)C. The summed E-state index contributed by atoms with van der Waals surface area (Å²) in [7, 11) is 0. The van der Waals surface area contributed by atoms with Gasteiger partial charge in [0.1, 0.15) is 0 Å². The first-order chi connectivity index (χ1) is 9.30. The van der Waals surface area contributed by atoms with Gasteiger partial charge in [-0.1, -0.05) is 27.7 Å². The largest absolute Gasteiger partial charge is 0.381 e. The molecule has 0 aliphatic heterocycles. The highest BCUT2D eigenvalue weighted by atomic mass is 19.2. The van der Waals surface area contributed by atoms with Crippen LogP contribution in [0.3, 0.4) is 0 Å². The third-order valence-corrected chi connectivity index (χ3v) is 4.07. The second-order valence-electron chi connectivity index (χ2n) is 6.60. The number of ether oxygens (including phenoxy) is 1. The average Bonchev–Trinajstić information content (AvgIpc) is 2.36. The Morgan fingerprint density at radius 3 is 2.55 bits per heavy atom. The maximum Gasteiger partial charge on any atom is 0.160 e. The summed E-state index contributed by atoms with van der Waals surface area (Å²) in [5, 5.41) is 3.27. The predicted octanol–water partition coefficient (Wildman–Crippen LogP) is 4.22. The third-order valence-electron chi connectivity index (χ3n) is 4.07. The molecule has 2 rings (SSSR count). The molecule has 1 aliphatic carbocycles. The molecule has 1 aromatic rings. The lowest BCUT2D eigenvalue weighted by Gasteiger charge is -2.52. The Labute approximate surface area is 119 Å². The van der Waals surface area contributed by atoms with E-state index in [2.05, 4.69) is 33.0 Å². The van der Waals surface area contributed by atoms with Gasteiger partial charge in [0.05, 0.1) is 6.10 Å². The second-order valence-corrected chi connectivity index (χ2v) is 6.60. The first kappa shape index (κ1) is 15.2. The lowest BCUT2D eigenvalue weighted by Crippen LogP contribution is -2.58. The normalized spacial score (nSPS) is 24.6. The summed E-state index contributed by atoms with van der Waals surface area (Å²) in [6.07, 6.45) is 1.10. The molecule has 1 aromatic carbocycles. The number of halogens is 2. The fourth-order valence-corrected chi connectivity index (χ4v) is 2.51. The van der Waals surface area contributed by atoms with Gasteiger partial charge in [0.2, 0.25) is 0 Å². The van der Waals surface area contributed by atoms with Crippen LogP contribution in [0.15, 0.2) is 18.2 Å². The summed E-state index contributed by atoms with van der Waals surface area (Å²) >= 11 is 0. The van der Waals surface area contributed by atoms with Crippen molar-refractivity contribution < 1.29 is 13.5 Å². The summed E-state index contributed by atoms with van der Waals surface area (Å²) in [5.41, 5.74) is 0.601. The fraction of sp³-hybridized carbons (Fsp3) is 0.625. The van der Waals surface area contributed by atoms with Crippen molar-refractivity contribution in [3.05, 3.63) is 29.8 Å². The lowest BCUT2D eigenvalue weighted by atomic mass is 9.64. The predicted molar refractivity (Wildman–Crippen MR) is 76.7 cm³/mol. The zero-order chi connectivity index (χ0) is 14.9. The van der Waals surface area contributed by atoms with E-state index >= 15 is 0 Å². The minimum atomic E-state index is -0.820. The van der Waals surface area contributed by atoms with Gasteiger partial charge < -0.3 is 10.1 Å². The molecule has 1 N–H and O–H groups in total. The van der Waals surface area contributed by atoms with Crippen LogP contribution in [-0.4, -0.2) is 18.8 Å². The molecular formula is C16H23F2NO. The van der Waals surface area contributed by atoms with Crippen molar-refractivity contribution in [2.45, 2.75) is 46.3 Å². The molecule has 2 atom stereocenters. The van der Waals surface area contributed by atoms with Crippen LogP contribution in [0, 0.1) is 23.0 Å². The van der Waals surface area contributed by atoms with Crippen LogP contribution in [0.2, 0.25) is 0 Å². The molecule has 2 unspecified atom stereocenters. The topological polar surface area (TPSA) is 21.3 Å². The third kappa shape index (κ3) is 3.11. The number of benzene rings is 1. The minimum Gasteiger partial charge on any atom is -0.381 e. The van der Waals surface area contributed by atoms with Crippen molar-refractivity contribution >= 4 is 5.69 Å². The number of anilines is 1. The molecule has 0 radical (unpaired) electrons. The molecule has 0 bridgehead atoms. The van der Waals surface area contributed by atoms with E-state index in [0.29, 0.717) is 11.6 Å². The van der Waals surface area contributed by atoms with Crippen LogP contribution in [0.1, 0.15) is 34.1 Å². The summed E-state index contributed by atoms with van der Waals surface area (Å²) in [4.78, 5) is 0. The van der Waals surface area contributed by atoms with Crippen LogP contribution in [-0.2, 0) is 4.74 Å².